The van der Waals surface area contributed by atoms with Crippen LogP contribution in [0.2, 0.25) is 0 Å². The predicted octanol–water partition coefficient (Wildman–Crippen LogP) is 2.60. The van der Waals surface area contributed by atoms with Gasteiger partial charge < -0.3 is 15.0 Å². The van der Waals surface area contributed by atoms with Gasteiger partial charge in [-0.1, -0.05) is 19.0 Å². The minimum absolute atomic E-state index is 0.0150. The zero-order valence-corrected chi connectivity index (χ0v) is 11.4. The van der Waals surface area contributed by atoms with E-state index in [4.69, 9.17) is 15.0 Å². The van der Waals surface area contributed by atoms with Crippen LogP contribution in [0.5, 0.6) is 0 Å². The lowest BCUT2D eigenvalue weighted by Gasteiger charge is -2.11. The number of rotatable bonds is 7. The first-order valence-electron chi connectivity index (χ1n) is 6.82. The fourth-order valence-electron chi connectivity index (χ4n) is 2.12. The van der Waals surface area contributed by atoms with Gasteiger partial charge in [-0.15, -0.1) is 0 Å². The molecule has 0 aromatic carbocycles. The van der Waals surface area contributed by atoms with Crippen LogP contribution in [0.4, 0.5) is 0 Å². The Kier molecular flexibility index (Phi) is 4.35. The minimum Gasteiger partial charge on any atom is -0.370 e. The fourth-order valence-corrected chi connectivity index (χ4v) is 2.12. The molecule has 1 aromatic rings. The van der Waals surface area contributed by atoms with Gasteiger partial charge in [0.05, 0.1) is 6.04 Å². The lowest BCUT2D eigenvalue weighted by atomic mass is 10.0. The Bertz CT molecular complexity index is 374. The van der Waals surface area contributed by atoms with Gasteiger partial charge in [-0.25, -0.2) is 0 Å². The van der Waals surface area contributed by atoms with Crippen molar-refractivity contribution in [2.45, 2.75) is 52.2 Å². The van der Waals surface area contributed by atoms with Crippen LogP contribution in [0, 0.1) is 11.8 Å². The molecule has 5 heteroatoms. The number of nitrogens with zero attached hydrogens (tertiary/aromatic N) is 2. The van der Waals surface area contributed by atoms with Crippen LogP contribution >= 0.6 is 0 Å². The Hall–Kier alpha value is -0.940. The molecule has 1 saturated carbocycles. The third-order valence-corrected chi connectivity index (χ3v) is 3.15. The van der Waals surface area contributed by atoms with Gasteiger partial charge in [-0.3, -0.25) is 0 Å². The molecule has 2 rings (SSSR count). The van der Waals surface area contributed by atoms with E-state index in [0.717, 1.165) is 6.42 Å². The van der Waals surface area contributed by atoms with E-state index in [0.29, 0.717) is 30.2 Å². The molecule has 1 aliphatic carbocycles. The number of nitrogens with two attached hydrogens (primary N) is 1. The van der Waals surface area contributed by atoms with Gasteiger partial charge in [-0.05, 0) is 38.0 Å². The SMILES string of the molecule is CCOC(c1noc([C@@H](N)CC(C)C)n1)C1CC1. The summed E-state index contributed by atoms with van der Waals surface area (Å²) in [4.78, 5) is 4.42. The molecule has 2 N–H and O–H groups in total. The van der Waals surface area contributed by atoms with Gasteiger partial charge in [0, 0.05) is 6.61 Å². The molecule has 0 amide bonds. The maximum atomic E-state index is 6.04. The van der Waals surface area contributed by atoms with Crippen molar-refractivity contribution in [2.24, 2.45) is 17.6 Å². The van der Waals surface area contributed by atoms with Gasteiger partial charge in [-0.2, -0.15) is 4.98 Å². The van der Waals surface area contributed by atoms with Crippen molar-refractivity contribution in [3.05, 3.63) is 11.7 Å². The normalized spacial score (nSPS) is 19.2. The number of hydrogen-bond acceptors (Lipinski definition) is 5. The summed E-state index contributed by atoms with van der Waals surface area (Å²) in [5, 5.41) is 4.03. The first kappa shape index (κ1) is 13.5. The Morgan fingerprint density at radius 1 is 1.44 bits per heavy atom. The predicted molar refractivity (Wildman–Crippen MR) is 67.8 cm³/mol. The van der Waals surface area contributed by atoms with E-state index in [1.54, 1.807) is 0 Å². The van der Waals surface area contributed by atoms with Crippen molar-refractivity contribution in [3.63, 3.8) is 0 Å². The molecule has 102 valence electrons. The first-order chi connectivity index (χ1) is 8.61. The summed E-state index contributed by atoms with van der Waals surface area (Å²) >= 11 is 0. The van der Waals surface area contributed by atoms with Crippen molar-refractivity contribution < 1.29 is 9.26 Å². The molecule has 2 atom stereocenters. The zero-order valence-electron chi connectivity index (χ0n) is 11.4. The molecule has 0 aliphatic heterocycles. The number of ether oxygens (including phenoxy) is 1. The average Bonchev–Trinajstić information content (AvgIpc) is 3.01. The number of hydrogen-bond donors (Lipinski definition) is 1. The molecule has 0 saturated heterocycles. The van der Waals surface area contributed by atoms with E-state index < -0.39 is 0 Å². The molecule has 1 heterocycles. The largest absolute Gasteiger partial charge is 0.370 e. The summed E-state index contributed by atoms with van der Waals surface area (Å²) in [6.45, 7) is 6.92. The van der Waals surface area contributed by atoms with E-state index in [-0.39, 0.29) is 12.1 Å². The van der Waals surface area contributed by atoms with E-state index in [1.807, 2.05) is 6.92 Å². The molecule has 0 spiro atoms. The summed E-state index contributed by atoms with van der Waals surface area (Å²) in [5.74, 6) is 2.26. The second-order valence-corrected chi connectivity index (χ2v) is 5.44. The summed E-state index contributed by atoms with van der Waals surface area (Å²) < 4.78 is 11.0. The Morgan fingerprint density at radius 2 is 2.17 bits per heavy atom. The second-order valence-electron chi connectivity index (χ2n) is 5.44. The molecule has 1 aromatic heterocycles. The van der Waals surface area contributed by atoms with Gasteiger partial charge in [0.25, 0.3) is 0 Å². The lowest BCUT2D eigenvalue weighted by molar-refractivity contribution is 0.0384. The zero-order chi connectivity index (χ0) is 13.1. The maximum Gasteiger partial charge on any atom is 0.243 e. The van der Waals surface area contributed by atoms with Crippen molar-refractivity contribution in [1.82, 2.24) is 10.1 Å². The molecule has 1 fully saturated rings. The summed E-state index contributed by atoms with van der Waals surface area (Å²) in [6, 6.07) is -0.173. The monoisotopic (exact) mass is 253 g/mol. The van der Waals surface area contributed by atoms with Gasteiger partial charge >= 0.3 is 0 Å². The van der Waals surface area contributed by atoms with E-state index in [9.17, 15) is 0 Å². The Balaban J connectivity index is 2.03. The lowest BCUT2D eigenvalue weighted by Crippen LogP contribution is -2.14. The molecule has 5 nitrogen and oxygen atoms in total. The average molecular weight is 253 g/mol. The van der Waals surface area contributed by atoms with Crippen LogP contribution in [0.3, 0.4) is 0 Å². The highest BCUT2D eigenvalue weighted by atomic mass is 16.5. The smallest absolute Gasteiger partial charge is 0.243 e. The third-order valence-electron chi connectivity index (χ3n) is 3.15. The highest BCUT2D eigenvalue weighted by Crippen LogP contribution is 2.42. The first-order valence-corrected chi connectivity index (χ1v) is 6.82. The molecular formula is C13H23N3O2. The molecule has 1 unspecified atom stereocenters. The van der Waals surface area contributed by atoms with E-state index >= 15 is 0 Å². The molecule has 0 bridgehead atoms. The topological polar surface area (TPSA) is 74.2 Å². The van der Waals surface area contributed by atoms with Crippen LogP contribution in [-0.2, 0) is 4.74 Å². The maximum absolute atomic E-state index is 6.04. The second kappa shape index (κ2) is 5.80. The summed E-state index contributed by atoms with van der Waals surface area (Å²) in [7, 11) is 0. The standard InChI is InChI=1S/C13H23N3O2/c1-4-17-11(9-5-6-9)12-15-13(18-16-12)10(14)7-8(2)3/h8-11H,4-7,14H2,1-3H3/t10-,11?/m0/s1. The minimum atomic E-state index is -0.173. The van der Waals surface area contributed by atoms with Gasteiger partial charge in [0.1, 0.15) is 6.10 Å². The fraction of sp³-hybridized carbons (Fsp3) is 0.846. The van der Waals surface area contributed by atoms with Crippen molar-refractivity contribution in [2.75, 3.05) is 6.61 Å². The molecule has 0 radical (unpaired) electrons. The van der Waals surface area contributed by atoms with E-state index in [1.165, 1.54) is 12.8 Å². The van der Waals surface area contributed by atoms with Crippen LogP contribution in [-0.4, -0.2) is 16.7 Å². The number of aromatic nitrogens is 2. The highest BCUT2D eigenvalue weighted by Gasteiger charge is 2.36. The Labute approximate surface area is 108 Å². The summed E-state index contributed by atoms with van der Waals surface area (Å²) in [6.07, 6.45) is 3.21. The molecule has 1 aliphatic rings. The third kappa shape index (κ3) is 3.29. The van der Waals surface area contributed by atoms with Crippen molar-refractivity contribution in [1.29, 1.82) is 0 Å². The quantitative estimate of drug-likeness (QED) is 0.808. The molecular weight excluding hydrogens is 230 g/mol. The highest BCUT2D eigenvalue weighted by molar-refractivity contribution is 5.00. The van der Waals surface area contributed by atoms with Crippen LogP contribution < -0.4 is 5.73 Å². The Morgan fingerprint density at radius 3 is 2.72 bits per heavy atom. The van der Waals surface area contributed by atoms with E-state index in [2.05, 4.69) is 24.0 Å². The van der Waals surface area contributed by atoms with Crippen molar-refractivity contribution >= 4 is 0 Å². The molecule has 18 heavy (non-hydrogen) atoms. The van der Waals surface area contributed by atoms with Crippen LogP contribution in [0.25, 0.3) is 0 Å². The van der Waals surface area contributed by atoms with Crippen molar-refractivity contribution in [3.8, 4) is 0 Å². The van der Waals surface area contributed by atoms with Gasteiger partial charge in [0.2, 0.25) is 11.7 Å². The van der Waals surface area contributed by atoms with Crippen LogP contribution in [0.1, 0.15) is 63.9 Å². The summed E-state index contributed by atoms with van der Waals surface area (Å²) in [5.41, 5.74) is 6.04. The van der Waals surface area contributed by atoms with Gasteiger partial charge in [0.15, 0.2) is 0 Å². The van der Waals surface area contributed by atoms with Crippen LogP contribution in [0.15, 0.2) is 4.52 Å².